The van der Waals surface area contributed by atoms with Crippen molar-refractivity contribution in [3.8, 4) is 11.1 Å². The third-order valence-electron chi connectivity index (χ3n) is 6.35. The van der Waals surface area contributed by atoms with Gasteiger partial charge in [-0.15, -0.1) is 0 Å². The summed E-state index contributed by atoms with van der Waals surface area (Å²) < 4.78 is 13.8. The summed E-state index contributed by atoms with van der Waals surface area (Å²) in [5, 5.41) is 6.20. The molecule has 1 aliphatic carbocycles. The first-order valence-electron chi connectivity index (χ1n) is 11.6. The molecule has 32 heavy (non-hydrogen) atoms. The van der Waals surface area contributed by atoms with Gasteiger partial charge in [0, 0.05) is 6.04 Å². The third kappa shape index (κ3) is 5.76. The summed E-state index contributed by atoms with van der Waals surface area (Å²) in [6.07, 6.45) is 5.19. The van der Waals surface area contributed by atoms with Gasteiger partial charge < -0.3 is 10.6 Å². The minimum Gasteiger partial charge on any atom is -0.335 e. The third-order valence-corrected chi connectivity index (χ3v) is 6.35. The van der Waals surface area contributed by atoms with Crippen molar-refractivity contribution in [3.63, 3.8) is 0 Å². The number of halogens is 1. The second-order valence-electron chi connectivity index (χ2n) is 8.86. The molecule has 166 valence electrons. The molecule has 3 nitrogen and oxygen atoms in total. The smallest absolute Gasteiger partial charge is 0.315 e. The molecule has 0 bridgehead atoms. The van der Waals surface area contributed by atoms with Gasteiger partial charge >= 0.3 is 6.03 Å². The number of amides is 2. The van der Waals surface area contributed by atoms with Crippen LogP contribution in [0.2, 0.25) is 0 Å². The first kappa shape index (κ1) is 22.1. The van der Waals surface area contributed by atoms with Crippen LogP contribution in [-0.4, -0.2) is 12.1 Å². The van der Waals surface area contributed by atoms with Gasteiger partial charge in [-0.3, -0.25) is 0 Å². The SMILES string of the molecule is CC(Cc1ccc(-c2ccccc2)cc1)NC(=O)NC(c1cccc(F)c1)C1CCCC1. The van der Waals surface area contributed by atoms with Crippen LogP contribution in [0.5, 0.6) is 0 Å². The highest BCUT2D eigenvalue weighted by Gasteiger charge is 2.28. The molecule has 4 heteroatoms. The van der Waals surface area contributed by atoms with Crippen LogP contribution in [0, 0.1) is 11.7 Å². The quantitative estimate of drug-likeness (QED) is 0.433. The molecule has 2 N–H and O–H groups in total. The molecule has 0 saturated heterocycles. The van der Waals surface area contributed by atoms with Crippen molar-refractivity contribution in [2.24, 2.45) is 5.92 Å². The van der Waals surface area contributed by atoms with Crippen molar-refractivity contribution in [3.05, 3.63) is 95.8 Å². The standard InChI is InChI=1S/C28H31FN2O/c1-20(18-21-14-16-23(17-15-21)22-8-3-2-4-9-22)30-28(32)31-27(24-10-5-6-11-24)25-12-7-13-26(29)19-25/h2-4,7-9,12-17,19-20,24,27H,5-6,10-11,18H2,1H3,(H2,30,31,32). The Morgan fingerprint density at radius 1 is 0.906 bits per heavy atom. The van der Waals surface area contributed by atoms with Crippen molar-refractivity contribution in [1.82, 2.24) is 10.6 Å². The minimum absolute atomic E-state index is 0.0192. The van der Waals surface area contributed by atoms with E-state index in [0.717, 1.165) is 37.7 Å². The molecule has 4 rings (SSSR count). The monoisotopic (exact) mass is 430 g/mol. The normalized spacial score (nSPS) is 15.8. The van der Waals surface area contributed by atoms with Gasteiger partial charge in [0.05, 0.1) is 6.04 Å². The van der Waals surface area contributed by atoms with Crippen LogP contribution >= 0.6 is 0 Å². The van der Waals surface area contributed by atoms with Crippen LogP contribution < -0.4 is 10.6 Å². The van der Waals surface area contributed by atoms with Crippen molar-refractivity contribution in [1.29, 1.82) is 0 Å². The Labute approximate surface area is 190 Å². The molecule has 3 aromatic rings. The molecule has 0 spiro atoms. The molecule has 0 heterocycles. The van der Waals surface area contributed by atoms with Crippen LogP contribution in [0.1, 0.15) is 49.8 Å². The van der Waals surface area contributed by atoms with Crippen molar-refractivity contribution in [2.75, 3.05) is 0 Å². The van der Waals surface area contributed by atoms with E-state index in [2.05, 4.69) is 47.0 Å². The van der Waals surface area contributed by atoms with E-state index >= 15 is 0 Å². The average molecular weight is 431 g/mol. The fraction of sp³-hybridized carbons (Fsp3) is 0.321. The van der Waals surface area contributed by atoms with Crippen LogP contribution in [-0.2, 0) is 6.42 Å². The van der Waals surface area contributed by atoms with Gasteiger partial charge in [-0.2, -0.15) is 0 Å². The molecular formula is C28H31FN2O. The fourth-order valence-electron chi connectivity index (χ4n) is 4.74. The summed E-state index contributed by atoms with van der Waals surface area (Å²) in [4.78, 5) is 12.8. The lowest BCUT2D eigenvalue weighted by Crippen LogP contribution is -2.44. The lowest BCUT2D eigenvalue weighted by atomic mass is 9.91. The van der Waals surface area contributed by atoms with Crippen molar-refractivity contribution >= 4 is 6.03 Å². The van der Waals surface area contributed by atoms with Gasteiger partial charge in [-0.25, -0.2) is 9.18 Å². The first-order chi connectivity index (χ1) is 15.6. The summed E-state index contributed by atoms with van der Waals surface area (Å²) in [6, 6.07) is 25.0. The van der Waals surface area contributed by atoms with Crippen molar-refractivity contribution in [2.45, 2.75) is 51.1 Å². The largest absolute Gasteiger partial charge is 0.335 e. The highest BCUT2D eigenvalue weighted by molar-refractivity contribution is 5.75. The van der Waals surface area contributed by atoms with E-state index in [9.17, 15) is 9.18 Å². The summed E-state index contributed by atoms with van der Waals surface area (Å²) in [6.45, 7) is 2.01. The maximum atomic E-state index is 13.8. The zero-order valence-corrected chi connectivity index (χ0v) is 18.6. The number of hydrogen-bond acceptors (Lipinski definition) is 1. The Kier molecular flexibility index (Phi) is 7.21. The Morgan fingerprint density at radius 3 is 2.28 bits per heavy atom. The second-order valence-corrected chi connectivity index (χ2v) is 8.86. The molecule has 2 unspecified atom stereocenters. The fourth-order valence-corrected chi connectivity index (χ4v) is 4.74. The summed E-state index contributed by atoms with van der Waals surface area (Å²) in [5.41, 5.74) is 4.40. The van der Waals surface area contributed by atoms with Crippen LogP contribution in [0.25, 0.3) is 11.1 Å². The molecule has 0 radical (unpaired) electrons. The number of benzene rings is 3. The first-order valence-corrected chi connectivity index (χ1v) is 11.6. The number of rotatable bonds is 7. The van der Waals surface area contributed by atoms with E-state index in [1.165, 1.54) is 22.8 Å². The zero-order chi connectivity index (χ0) is 22.3. The van der Waals surface area contributed by atoms with E-state index in [0.29, 0.717) is 5.92 Å². The van der Waals surface area contributed by atoms with E-state index in [4.69, 9.17) is 0 Å². The molecule has 0 aromatic heterocycles. The summed E-state index contributed by atoms with van der Waals surface area (Å²) in [5.74, 6) is 0.0865. The molecule has 1 fully saturated rings. The number of nitrogens with one attached hydrogen (secondary N) is 2. The summed E-state index contributed by atoms with van der Waals surface area (Å²) >= 11 is 0. The molecular weight excluding hydrogens is 399 g/mol. The lowest BCUT2D eigenvalue weighted by Gasteiger charge is -2.26. The maximum Gasteiger partial charge on any atom is 0.315 e. The highest BCUT2D eigenvalue weighted by Crippen LogP contribution is 2.35. The van der Waals surface area contributed by atoms with Gasteiger partial charge in [-0.1, -0.05) is 79.6 Å². The zero-order valence-electron chi connectivity index (χ0n) is 18.6. The Bertz CT molecular complexity index is 1010. The summed E-state index contributed by atoms with van der Waals surface area (Å²) in [7, 11) is 0. The Balaban J connectivity index is 1.36. The van der Waals surface area contributed by atoms with Gasteiger partial charge in [-0.05, 0) is 66.5 Å². The molecule has 1 aliphatic rings. The second kappa shape index (κ2) is 10.4. The van der Waals surface area contributed by atoms with Gasteiger partial charge in [0.2, 0.25) is 0 Å². The lowest BCUT2D eigenvalue weighted by molar-refractivity contribution is 0.228. The number of carbonyl (C=O) groups is 1. The number of carbonyl (C=O) groups excluding carboxylic acids is 1. The van der Waals surface area contributed by atoms with Crippen LogP contribution in [0.15, 0.2) is 78.9 Å². The topological polar surface area (TPSA) is 41.1 Å². The predicted molar refractivity (Wildman–Crippen MR) is 128 cm³/mol. The number of urea groups is 1. The average Bonchev–Trinajstić information content (AvgIpc) is 3.33. The molecule has 2 atom stereocenters. The van der Waals surface area contributed by atoms with Crippen molar-refractivity contribution < 1.29 is 9.18 Å². The van der Waals surface area contributed by atoms with E-state index in [-0.39, 0.29) is 23.9 Å². The highest BCUT2D eigenvalue weighted by atomic mass is 19.1. The van der Waals surface area contributed by atoms with Crippen LogP contribution in [0.3, 0.4) is 0 Å². The van der Waals surface area contributed by atoms with E-state index in [1.807, 2.05) is 31.2 Å². The number of hydrogen-bond donors (Lipinski definition) is 2. The minimum atomic E-state index is -0.264. The van der Waals surface area contributed by atoms with Gasteiger partial charge in [0.1, 0.15) is 5.82 Å². The molecule has 0 aliphatic heterocycles. The predicted octanol–water partition coefficient (Wildman–Crippen LogP) is 6.65. The molecule has 2 amide bonds. The van der Waals surface area contributed by atoms with Gasteiger partial charge in [0.15, 0.2) is 0 Å². The van der Waals surface area contributed by atoms with Crippen LogP contribution in [0.4, 0.5) is 9.18 Å². The van der Waals surface area contributed by atoms with E-state index < -0.39 is 0 Å². The van der Waals surface area contributed by atoms with E-state index in [1.54, 1.807) is 12.1 Å². The Morgan fingerprint density at radius 2 is 1.59 bits per heavy atom. The molecule has 1 saturated carbocycles. The van der Waals surface area contributed by atoms with Gasteiger partial charge in [0.25, 0.3) is 0 Å². The Hall–Kier alpha value is -3.14. The molecule has 3 aromatic carbocycles. The maximum absolute atomic E-state index is 13.8.